The van der Waals surface area contributed by atoms with E-state index in [4.69, 9.17) is 5.84 Å². The Hall–Kier alpha value is -0.420. The summed E-state index contributed by atoms with van der Waals surface area (Å²) in [4.78, 5) is 10.8. The highest BCUT2D eigenvalue weighted by Crippen LogP contribution is 2.41. The van der Waals surface area contributed by atoms with Crippen LogP contribution in [-0.4, -0.2) is 23.6 Å². The molecule has 1 aliphatic carbocycles. The second kappa shape index (κ2) is 4.00. The Kier molecular flexibility index (Phi) is 3.22. The Bertz CT molecular complexity index is 165. The Labute approximate surface area is 76.6 Å². The van der Waals surface area contributed by atoms with Gasteiger partial charge < -0.3 is 5.32 Å². The zero-order chi connectivity index (χ0) is 9.03. The second-order valence-corrected chi connectivity index (χ2v) is 4.34. The Morgan fingerprint density at radius 3 is 2.67 bits per heavy atom. The third kappa shape index (κ3) is 2.04. The van der Waals surface area contributed by atoms with E-state index in [1.165, 1.54) is 19.3 Å². The van der Waals surface area contributed by atoms with E-state index in [0.717, 1.165) is 6.54 Å². The highest BCUT2D eigenvalue weighted by Gasteiger charge is 2.36. The summed E-state index contributed by atoms with van der Waals surface area (Å²) >= 11 is 1.83. The number of hydrogen-bond donors (Lipinski definition) is 3. The predicted octanol–water partition coefficient (Wildman–Crippen LogP) is 0.445. The van der Waals surface area contributed by atoms with E-state index in [1.807, 2.05) is 11.8 Å². The molecule has 2 amide bonds. The fourth-order valence-electron chi connectivity index (χ4n) is 1.32. The molecule has 4 N–H and O–H groups in total. The third-order valence-corrected chi connectivity index (χ3v) is 3.82. The molecule has 0 saturated heterocycles. The molecule has 0 unspecified atom stereocenters. The molecule has 70 valence electrons. The van der Waals surface area contributed by atoms with Gasteiger partial charge in [0.05, 0.1) is 0 Å². The molecule has 0 aromatic heterocycles. The maximum absolute atomic E-state index is 10.8. The van der Waals surface area contributed by atoms with Crippen molar-refractivity contribution in [1.82, 2.24) is 10.7 Å². The second-order valence-electron chi connectivity index (χ2n) is 3.07. The van der Waals surface area contributed by atoms with Crippen LogP contribution >= 0.6 is 11.8 Å². The monoisotopic (exact) mass is 189 g/mol. The van der Waals surface area contributed by atoms with Gasteiger partial charge >= 0.3 is 6.03 Å². The van der Waals surface area contributed by atoms with Crippen LogP contribution in [0.15, 0.2) is 0 Å². The topological polar surface area (TPSA) is 67.2 Å². The summed E-state index contributed by atoms with van der Waals surface area (Å²) in [6.07, 6.45) is 5.74. The number of nitrogens with one attached hydrogen (secondary N) is 2. The molecular weight excluding hydrogens is 174 g/mol. The van der Waals surface area contributed by atoms with Gasteiger partial charge in [-0.15, -0.1) is 0 Å². The molecule has 0 aliphatic heterocycles. The van der Waals surface area contributed by atoms with Crippen molar-refractivity contribution in [3.05, 3.63) is 0 Å². The third-order valence-electron chi connectivity index (χ3n) is 2.40. The van der Waals surface area contributed by atoms with Gasteiger partial charge in [0.15, 0.2) is 0 Å². The van der Waals surface area contributed by atoms with Gasteiger partial charge in [0.25, 0.3) is 0 Å². The normalized spacial score (nSPS) is 19.5. The number of urea groups is 1. The first-order valence-electron chi connectivity index (χ1n) is 4.02. The summed E-state index contributed by atoms with van der Waals surface area (Å²) < 4.78 is 0.284. The van der Waals surface area contributed by atoms with Gasteiger partial charge in [0.1, 0.15) is 0 Å². The van der Waals surface area contributed by atoms with E-state index < -0.39 is 0 Å². The molecule has 4 nitrogen and oxygen atoms in total. The Balaban J connectivity index is 2.24. The molecule has 0 radical (unpaired) electrons. The number of thioether (sulfide) groups is 1. The van der Waals surface area contributed by atoms with Gasteiger partial charge in [-0.25, -0.2) is 10.6 Å². The summed E-state index contributed by atoms with van der Waals surface area (Å²) in [5.41, 5.74) is 2.05. The van der Waals surface area contributed by atoms with Crippen molar-refractivity contribution in [2.45, 2.75) is 24.0 Å². The minimum absolute atomic E-state index is 0.284. The van der Waals surface area contributed by atoms with Gasteiger partial charge in [0.2, 0.25) is 0 Å². The number of carbonyl (C=O) groups is 1. The van der Waals surface area contributed by atoms with Crippen LogP contribution in [0, 0.1) is 0 Å². The molecule has 1 fully saturated rings. The fourth-order valence-corrected chi connectivity index (χ4v) is 2.23. The number of hydrazine groups is 1. The minimum Gasteiger partial charge on any atom is -0.336 e. The van der Waals surface area contributed by atoms with Gasteiger partial charge in [-0.05, 0) is 19.1 Å². The summed E-state index contributed by atoms with van der Waals surface area (Å²) in [6.45, 7) is 0.719. The molecular formula is C7H15N3OS. The fraction of sp³-hybridized carbons (Fsp3) is 0.857. The van der Waals surface area contributed by atoms with Gasteiger partial charge in [-0.3, -0.25) is 5.43 Å². The van der Waals surface area contributed by atoms with Crippen molar-refractivity contribution in [2.24, 2.45) is 5.84 Å². The van der Waals surface area contributed by atoms with E-state index in [9.17, 15) is 4.79 Å². The summed E-state index contributed by atoms with van der Waals surface area (Å²) in [5.74, 6) is 4.93. The van der Waals surface area contributed by atoms with E-state index in [-0.39, 0.29) is 10.8 Å². The van der Waals surface area contributed by atoms with Crippen LogP contribution in [0.1, 0.15) is 19.3 Å². The molecule has 0 atom stereocenters. The van der Waals surface area contributed by atoms with Gasteiger partial charge in [-0.1, -0.05) is 6.42 Å². The molecule has 1 saturated carbocycles. The quantitative estimate of drug-likeness (QED) is 0.343. The van der Waals surface area contributed by atoms with Gasteiger partial charge in [0, 0.05) is 11.3 Å². The van der Waals surface area contributed by atoms with E-state index in [1.54, 1.807) is 0 Å². The van der Waals surface area contributed by atoms with Crippen LogP contribution in [0.25, 0.3) is 0 Å². The van der Waals surface area contributed by atoms with Crippen LogP contribution in [0.2, 0.25) is 0 Å². The summed E-state index contributed by atoms with van der Waals surface area (Å²) in [7, 11) is 0. The molecule has 1 aliphatic rings. The number of amides is 2. The van der Waals surface area contributed by atoms with Crippen LogP contribution in [-0.2, 0) is 0 Å². The van der Waals surface area contributed by atoms with Crippen LogP contribution in [0.5, 0.6) is 0 Å². The average Bonchev–Trinajstić information content (AvgIpc) is 2.03. The van der Waals surface area contributed by atoms with Crippen molar-refractivity contribution in [3.63, 3.8) is 0 Å². The first-order chi connectivity index (χ1) is 5.72. The van der Waals surface area contributed by atoms with Crippen molar-refractivity contribution in [2.75, 3.05) is 12.8 Å². The first kappa shape index (κ1) is 9.67. The first-order valence-corrected chi connectivity index (χ1v) is 5.24. The Morgan fingerprint density at radius 2 is 2.33 bits per heavy atom. The number of carbonyl (C=O) groups excluding carboxylic acids is 1. The molecule has 0 aromatic carbocycles. The Morgan fingerprint density at radius 1 is 1.67 bits per heavy atom. The molecule has 0 bridgehead atoms. The van der Waals surface area contributed by atoms with Gasteiger partial charge in [-0.2, -0.15) is 11.8 Å². The largest absolute Gasteiger partial charge is 0.336 e. The maximum Gasteiger partial charge on any atom is 0.328 e. The van der Waals surface area contributed by atoms with E-state index in [0.29, 0.717) is 0 Å². The standard InChI is InChI=1S/C7H15N3OS/c1-12-7(3-2-4-7)5-9-6(11)10-8/h2-5,8H2,1H3,(H2,9,10,11). The smallest absolute Gasteiger partial charge is 0.328 e. The van der Waals surface area contributed by atoms with Crippen molar-refractivity contribution < 1.29 is 4.79 Å². The number of rotatable bonds is 3. The molecule has 0 spiro atoms. The van der Waals surface area contributed by atoms with Crippen LogP contribution in [0.3, 0.4) is 0 Å². The molecule has 5 heteroatoms. The van der Waals surface area contributed by atoms with Crippen LogP contribution < -0.4 is 16.6 Å². The maximum atomic E-state index is 10.8. The highest BCUT2D eigenvalue weighted by atomic mass is 32.2. The molecule has 0 heterocycles. The van der Waals surface area contributed by atoms with Crippen molar-refractivity contribution in [1.29, 1.82) is 0 Å². The summed E-state index contributed by atoms with van der Waals surface area (Å²) in [6, 6.07) is -0.296. The average molecular weight is 189 g/mol. The van der Waals surface area contributed by atoms with Crippen molar-refractivity contribution in [3.8, 4) is 0 Å². The predicted molar refractivity (Wildman–Crippen MR) is 50.8 cm³/mol. The zero-order valence-electron chi connectivity index (χ0n) is 7.22. The lowest BCUT2D eigenvalue weighted by Gasteiger charge is -2.40. The number of hydrogen-bond acceptors (Lipinski definition) is 3. The zero-order valence-corrected chi connectivity index (χ0v) is 8.04. The SMILES string of the molecule is CSC1(CNC(=O)NN)CCC1. The molecule has 0 aromatic rings. The molecule has 12 heavy (non-hydrogen) atoms. The molecule has 1 rings (SSSR count). The number of nitrogens with two attached hydrogens (primary N) is 1. The van der Waals surface area contributed by atoms with E-state index in [2.05, 4.69) is 17.0 Å². The lowest BCUT2D eigenvalue weighted by molar-refractivity contribution is 0.236. The minimum atomic E-state index is -0.296. The highest BCUT2D eigenvalue weighted by molar-refractivity contribution is 8.00. The van der Waals surface area contributed by atoms with Crippen molar-refractivity contribution >= 4 is 17.8 Å². The lowest BCUT2D eigenvalue weighted by atomic mass is 9.84. The van der Waals surface area contributed by atoms with Crippen LogP contribution in [0.4, 0.5) is 4.79 Å². The summed E-state index contributed by atoms with van der Waals surface area (Å²) in [5, 5.41) is 2.73. The van der Waals surface area contributed by atoms with E-state index >= 15 is 0 Å². The lowest BCUT2D eigenvalue weighted by Crippen LogP contribution is -2.49.